The fourth-order valence-corrected chi connectivity index (χ4v) is 3.34. The number of carbonyl (C=O) groups is 1. The molecule has 1 amide bonds. The van der Waals surface area contributed by atoms with Crippen LogP contribution in [0.15, 0.2) is 84.1 Å². The van der Waals surface area contributed by atoms with E-state index in [0.717, 1.165) is 23.1 Å². The smallest absolute Gasteiger partial charge is 0.253 e. The van der Waals surface area contributed by atoms with Crippen LogP contribution >= 0.6 is 0 Å². The fraction of sp³-hybridized carbons (Fsp3) is 0.154. The maximum atomic E-state index is 13.1. The molecule has 3 N–H and O–H groups in total. The van der Waals surface area contributed by atoms with E-state index in [1.807, 2.05) is 49.4 Å². The number of nitrogens with two attached hydrogens (primary N) is 1. The molecule has 0 spiro atoms. The molecule has 0 aromatic heterocycles. The number of allylic oxidation sites excluding steroid dienone is 1. The first-order chi connectivity index (χ1) is 15.0. The van der Waals surface area contributed by atoms with E-state index in [1.165, 1.54) is 24.3 Å². The van der Waals surface area contributed by atoms with Crippen molar-refractivity contribution in [1.82, 2.24) is 0 Å². The largest absolute Gasteiger partial charge is 0.402 e. The number of nitriles is 1. The summed E-state index contributed by atoms with van der Waals surface area (Å²) in [5.41, 5.74) is 11.1. The van der Waals surface area contributed by atoms with E-state index in [-0.39, 0.29) is 11.7 Å². The first-order valence-corrected chi connectivity index (χ1v) is 10.1. The number of rotatable bonds is 7. The van der Waals surface area contributed by atoms with E-state index in [4.69, 9.17) is 5.73 Å². The summed E-state index contributed by atoms with van der Waals surface area (Å²) in [7, 11) is 0. The van der Waals surface area contributed by atoms with E-state index >= 15 is 0 Å². The molecule has 0 saturated heterocycles. The van der Waals surface area contributed by atoms with Gasteiger partial charge in [0.05, 0.1) is 11.6 Å². The van der Waals surface area contributed by atoms with Crippen molar-refractivity contribution < 1.29 is 9.18 Å². The molecule has 0 radical (unpaired) electrons. The topological polar surface area (TPSA) is 78.9 Å². The molecule has 0 aliphatic heterocycles. The van der Waals surface area contributed by atoms with Gasteiger partial charge in [0.25, 0.3) is 5.91 Å². The molecule has 31 heavy (non-hydrogen) atoms. The zero-order valence-corrected chi connectivity index (χ0v) is 17.4. The van der Waals surface area contributed by atoms with Gasteiger partial charge in [-0.15, -0.1) is 0 Å². The minimum Gasteiger partial charge on any atom is -0.402 e. The zero-order valence-electron chi connectivity index (χ0n) is 17.4. The van der Waals surface area contributed by atoms with Crippen LogP contribution < -0.4 is 11.1 Å². The van der Waals surface area contributed by atoms with Gasteiger partial charge in [-0.05, 0) is 53.4 Å². The highest BCUT2D eigenvalue weighted by atomic mass is 19.1. The Morgan fingerprint density at radius 1 is 1.03 bits per heavy atom. The fourth-order valence-electron chi connectivity index (χ4n) is 3.34. The number of benzene rings is 3. The second kappa shape index (κ2) is 10.2. The van der Waals surface area contributed by atoms with Crippen LogP contribution in [0.4, 0.5) is 10.1 Å². The van der Waals surface area contributed by atoms with Crippen molar-refractivity contribution in [2.45, 2.75) is 26.2 Å². The third kappa shape index (κ3) is 5.58. The van der Waals surface area contributed by atoms with E-state index in [9.17, 15) is 14.4 Å². The Labute approximate surface area is 181 Å². The SMILES string of the molecule is CCC/C(N)=C(\Cc1ccc(-c2ccccc2C#N)cc1)C(=O)Nc1ccc(F)cc1. The predicted octanol–water partition coefficient (Wildman–Crippen LogP) is 5.56. The molecule has 0 saturated carbocycles. The Bertz CT molecular complexity index is 1130. The van der Waals surface area contributed by atoms with Crippen LogP contribution in [0.5, 0.6) is 0 Å². The van der Waals surface area contributed by atoms with Gasteiger partial charge in [0.15, 0.2) is 0 Å². The number of nitrogens with one attached hydrogen (secondary N) is 1. The van der Waals surface area contributed by atoms with E-state index in [1.54, 1.807) is 6.07 Å². The van der Waals surface area contributed by atoms with Crippen molar-refractivity contribution in [3.05, 3.63) is 101 Å². The predicted molar refractivity (Wildman–Crippen MR) is 121 cm³/mol. The summed E-state index contributed by atoms with van der Waals surface area (Å²) < 4.78 is 13.1. The van der Waals surface area contributed by atoms with Gasteiger partial charge >= 0.3 is 0 Å². The standard InChI is InChI=1S/C26H24FN3O/c1-2-5-25(29)24(26(31)30-22-14-12-21(27)13-15-22)16-18-8-10-19(11-9-18)23-7-4-3-6-20(23)17-28/h3-4,6-15H,2,5,16,29H2,1H3,(H,30,31)/b25-24-. The molecule has 156 valence electrons. The van der Waals surface area contributed by atoms with Crippen LogP contribution in [-0.2, 0) is 11.2 Å². The van der Waals surface area contributed by atoms with Crippen molar-refractivity contribution in [1.29, 1.82) is 5.26 Å². The molecular formula is C26H24FN3O. The molecular weight excluding hydrogens is 389 g/mol. The lowest BCUT2D eigenvalue weighted by Gasteiger charge is -2.13. The minimum absolute atomic E-state index is 0.295. The average Bonchev–Trinajstić information content (AvgIpc) is 2.79. The number of hydrogen-bond donors (Lipinski definition) is 2. The molecule has 0 bridgehead atoms. The van der Waals surface area contributed by atoms with Crippen molar-refractivity contribution in [2.24, 2.45) is 5.73 Å². The molecule has 0 unspecified atom stereocenters. The quantitative estimate of drug-likeness (QED) is 0.498. The van der Waals surface area contributed by atoms with Crippen molar-refractivity contribution >= 4 is 11.6 Å². The molecule has 3 aromatic rings. The lowest BCUT2D eigenvalue weighted by atomic mass is 9.96. The van der Waals surface area contributed by atoms with Gasteiger partial charge in [0, 0.05) is 23.4 Å². The molecule has 0 heterocycles. The van der Waals surface area contributed by atoms with E-state index in [2.05, 4.69) is 11.4 Å². The normalized spacial score (nSPS) is 11.4. The Kier molecular flexibility index (Phi) is 7.18. The highest BCUT2D eigenvalue weighted by molar-refractivity contribution is 6.04. The molecule has 0 atom stereocenters. The van der Waals surface area contributed by atoms with Crippen molar-refractivity contribution in [2.75, 3.05) is 5.32 Å². The van der Waals surface area contributed by atoms with Crippen LogP contribution in [0, 0.1) is 17.1 Å². The van der Waals surface area contributed by atoms with Gasteiger partial charge in [-0.3, -0.25) is 4.79 Å². The average molecular weight is 413 g/mol. The summed E-state index contributed by atoms with van der Waals surface area (Å²) in [4.78, 5) is 12.9. The highest BCUT2D eigenvalue weighted by Crippen LogP contribution is 2.25. The summed E-state index contributed by atoms with van der Waals surface area (Å²) in [6, 6.07) is 23.0. The van der Waals surface area contributed by atoms with Gasteiger partial charge in [-0.2, -0.15) is 5.26 Å². The Hall–Kier alpha value is -3.91. The lowest BCUT2D eigenvalue weighted by Crippen LogP contribution is -2.20. The second-order valence-corrected chi connectivity index (χ2v) is 7.25. The number of hydrogen-bond acceptors (Lipinski definition) is 3. The van der Waals surface area contributed by atoms with Crippen LogP contribution in [0.3, 0.4) is 0 Å². The van der Waals surface area contributed by atoms with Gasteiger partial charge in [-0.25, -0.2) is 4.39 Å². The van der Waals surface area contributed by atoms with E-state index < -0.39 is 0 Å². The summed E-state index contributed by atoms with van der Waals surface area (Å²) in [5, 5.41) is 12.1. The molecule has 0 aliphatic rings. The molecule has 5 heteroatoms. The van der Waals surface area contributed by atoms with Crippen LogP contribution in [0.25, 0.3) is 11.1 Å². The first-order valence-electron chi connectivity index (χ1n) is 10.1. The van der Waals surface area contributed by atoms with Crippen molar-refractivity contribution in [3.8, 4) is 17.2 Å². The van der Waals surface area contributed by atoms with Crippen LogP contribution in [0.1, 0.15) is 30.9 Å². The van der Waals surface area contributed by atoms with E-state index in [0.29, 0.717) is 35.4 Å². The monoisotopic (exact) mass is 413 g/mol. The number of carbonyl (C=O) groups excluding carboxylic acids is 1. The van der Waals surface area contributed by atoms with Crippen LogP contribution in [0.2, 0.25) is 0 Å². The number of halogens is 1. The highest BCUT2D eigenvalue weighted by Gasteiger charge is 2.15. The first kappa shape index (κ1) is 21.8. The molecule has 0 aliphatic carbocycles. The van der Waals surface area contributed by atoms with Gasteiger partial charge in [-0.1, -0.05) is 55.8 Å². The van der Waals surface area contributed by atoms with Gasteiger partial charge in [0.2, 0.25) is 0 Å². The number of nitrogens with zero attached hydrogens (tertiary/aromatic N) is 1. The summed E-state index contributed by atoms with van der Waals surface area (Å²) in [6.45, 7) is 2.00. The molecule has 4 nitrogen and oxygen atoms in total. The van der Waals surface area contributed by atoms with Crippen molar-refractivity contribution in [3.63, 3.8) is 0 Å². The third-order valence-corrected chi connectivity index (χ3v) is 4.98. The summed E-state index contributed by atoms with van der Waals surface area (Å²) in [6.07, 6.45) is 1.81. The molecule has 3 aromatic carbocycles. The lowest BCUT2D eigenvalue weighted by molar-refractivity contribution is -0.113. The summed E-state index contributed by atoms with van der Waals surface area (Å²) in [5.74, 6) is -0.659. The maximum absolute atomic E-state index is 13.1. The Morgan fingerprint density at radius 3 is 2.35 bits per heavy atom. The van der Waals surface area contributed by atoms with Gasteiger partial charge in [0.1, 0.15) is 5.82 Å². The minimum atomic E-state index is -0.364. The maximum Gasteiger partial charge on any atom is 0.253 e. The molecule has 0 fully saturated rings. The third-order valence-electron chi connectivity index (χ3n) is 4.98. The Balaban J connectivity index is 1.83. The van der Waals surface area contributed by atoms with Crippen LogP contribution in [-0.4, -0.2) is 5.91 Å². The number of anilines is 1. The Morgan fingerprint density at radius 2 is 1.71 bits per heavy atom. The van der Waals surface area contributed by atoms with Gasteiger partial charge < -0.3 is 11.1 Å². The number of amides is 1. The zero-order chi connectivity index (χ0) is 22.2. The summed E-state index contributed by atoms with van der Waals surface area (Å²) >= 11 is 0. The molecule has 3 rings (SSSR count). The second-order valence-electron chi connectivity index (χ2n) is 7.25.